The highest BCUT2D eigenvalue weighted by Crippen LogP contribution is 2.25. The van der Waals surface area contributed by atoms with Gasteiger partial charge in [-0.3, -0.25) is 14.5 Å². The van der Waals surface area contributed by atoms with Crippen LogP contribution in [0.25, 0.3) is 11.3 Å². The summed E-state index contributed by atoms with van der Waals surface area (Å²) < 4.78 is 1.63. The van der Waals surface area contributed by atoms with Crippen molar-refractivity contribution in [1.29, 1.82) is 0 Å². The number of nitrogens with one attached hydrogen (secondary N) is 1. The first kappa shape index (κ1) is 13.8. The van der Waals surface area contributed by atoms with Gasteiger partial charge in [-0.2, -0.15) is 5.10 Å². The summed E-state index contributed by atoms with van der Waals surface area (Å²) in [6, 6.07) is 5.92. The minimum absolute atomic E-state index is 0.0424. The molecule has 1 aliphatic carbocycles. The first-order valence-electron chi connectivity index (χ1n) is 7.39. The van der Waals surface area contributed by atoms with Crippen LogP contribution in [0.5, 0.6) is 0 Å². The van der Waals surface area contributed by atoms with Crippen molar-refractivity contribution in [2.45, 2.75) is 32.2 Å². The van der Waals surface area contributed by atoms with Gasteiger partial charge in [0.1, 0.15) is 5.69 Å². The number of carbonyl (C=O) groups is 1. The molecule has 2 atom stereocenters. The summed E-state index contributed by atoms with van der Waals surface area (Å²) in [6.45, 7) is 2.23. The predicted octanol–water partition coefficient (Wildman–Crippen LogP) is 2.40. The molecule has 0 unspecified atom stereocenters. The van der Waals surface area contributed by atoms with Gasteiger partial charge in [0.05, 0.1) is 5.69 Å². The van der Waals surface area contributed by atoms with Crippen LogP contribution in [0.4, 0.5) is 0 Å². The van der Waals surface area contributed by atoms with Crippen molar-refractivity contribution in [2.75, 3.05) is 0 Å². The van der Waals surface area contributed by atoms with E-state index in [1.54, 1.807) is 24.1 Å². The minimum atomic E-state index is -0.0424. The molecule has 2 heterocycles. The van der Waals surface area contributed by atoms with Crippen molar-refractivity contribution in [1.82, 2.24) is 20.1 Å². The molecule has 0 saturated heterocycles. The number of aryl methyl sites for hydroxylation is 1. The van der Waals surface area contributed by atoms with Crippen LogP contribution in [0.3, 0.4) is 0 Å². The summed E-state index contributed by atoms with van der Waals surface area (Å²) in [4.78, 5) is 16.5. The Balaban J connectivity index is 1.76. The second kappa shape index (κ2) is 5.68. The molecule has 0 aliphatic heterocycles. The maximum absolute atomic E-state index is 12.4. The highest BCUT2D eigenvalue weighted by molar-refractivity contribution is 5.93. The molecular weight excluding hydrogens is 264 g/mol. The van der Waals surface area contributed by atoms with Gasteiger partial charge in [0.25, 0.3) is 5.91 Å². The van der Waals surface area contributed by atoms with E-state index in [9.17, 15) is 4.79 Å². The predicted molar refractivity (Wildman–Crippen MR) is 80.7 cm³/mol. The molecule has 0 radical (unpaired) electrons. The topological polar surface area (TPSA) is 59.8 Å². The van der Waals surface area contributed by atoms with Crippen LogP contribution in [-0.4, -0.2) is 26.7 Å². The third kappa shape index (κ3) is 2.96. The molecule has 110 valence electrons. The molecule has 1 amide bonds. The summed E-state index contributed by atoms with van der Waals surface area (Å²) in [5.41, 5.74) is 2.28. The van der Waals surface area contributed by atoms with Crippen molar-refractivity contribution in [3.05, 3.63) is 36.3 Å². The van der Waals surface area contributed by atoms with Crippen LogP contribution in [0.2, 0.25) is 0 Å². The molecule has 21 heavy (non-hydrogen) atoms. The van der Waals surface area contributed by atoms with Gasteiger partial charge < -0.3 is 5.32 Å². The smallest absolute Gasteiger partial charge is 0.269 e. The molecule has 1 saturated carbocycles. The van der Waals surface area contributed by atoms with Gasteiger partial charge >= 0.3 is 0 Å². The number of hydrogen-bond acceptors (Lipinski definition) is 3. The number of aromatic nitrogens is 3. The first-order valence-corrected chi connectivity index (χ1v) is 7.39. The number of nitrogens with zero attached hydrogens (tertiary/aromatic N) is 3. The molecule has 0 aromatic carbocycles. The Labute approximate surface area is 124 Å². The lowest BCUT2D eigenvalue weighted by atomic mass is 10.1. The standard InChI is InChI=1S/C16H20N4O/c1-11-5-6-13(8-11)18-16(21)15-9-14(19-20(15)2)12-4-3-7-17-10-12/h3-4,7,9-11,13H,5-6,8H2,1-2H3,(H,18,21)/t11-,13-/m1/s1. The molecule has 2 aromatic rings. The van der Waals surface area contributed by atoms with E-state index in [1.807, 2.05) is 18.2 Å². The molecule has 1 N–H and O–H groups in total. The second-order valence-corrected chi connectivity index (χ2v) is 5.87. The molecule has 5 heteroatoms. The van der Waals surface area contributed by atoms with Gasteiger partial charge in [-0.1, -0.05) is 6.92 Å². The van der Waals surface area contributed by atoms with E-state index in [1.165, 1.54) is 6.42 Å². The Morgan fingerprint density at radius 1 is 1.43 bits per heavy atom. The average Bonchev–Trinajstić information content (AvgIpc) is 3.06. The van der Waals surface area contributed by atoms with Crippen molar-refractivity contribution in [3.8, 4) is 11.3 Å². The molecule has 3 rings (SSSR count). The van der Waals surface area contributed by atoms with Gasteiger partial charge in [0.2, 0.25) is 0 Å². The first-order chi connectivity index (χ1) is 10.1. The fourth-order valence-corrected chi connectivity index (χ4v) is 2.93. The summed E-state index contributed by atoms with van der Waals surface area (Å²) in [7, 11) is 1.80. The van der Waals surface area contributed by atoms with Crippen LogP contribution in [-0.2, 0) is 7.05 Å². The molecule has 2 aromatic heterocycles. The molecular formula is C16H20N4O. The number of rotatable bonds is 3. The number of carbonyl (C=O) groups excluding carboxylic acids is 1. The second-order valence-electron chi connectivity index (χ2n) is 5.87. The lowest BCUT2D eigenvalue weighted by Gasteiger charge is -2.12. The molecule has 1 fully saturated rings. The zero-order valence-electron chi connectivity index (χ0n) is 12.4. The zero-order valence-corrected chi connectivity index (χ0v) is 12.4. The summed E-state index contributed by atoms with van der Waals surface area (Å²) >= 11 is 0. The normalized spacial score (nSPS) is 21.4. The number of pyridine rings is 1. The zero-order chi connectivity index (χ0) is 14.8. The molecule has 0 bridgehead atoms. The van der Waals surface area contributed by atoms with Gasteiger partial charge in [0, 0.05) is 31.0 Å². The van der Waals surface area contributed by atoms with E-state index in [4.69, 9.17) is 0 Å². The van der Waals surface area contributed by atoms with Gasteiger partial charge in [-0.05, 0) is 43.4 Å². The minimum Gasteiger partial charge on any atom is -0.348 e. The Kier molecular flexibility index (Phi) is 3.73. The number of amides is 1. The fourth-order valence-electron chi connectivity index (χ4n) is 2.93. The Hall–Kier alpha value is -2.17. The van der Waals surface area contributed by atoms with Gasteiger partial charge in [-0.15, -0.1) is 0 Å². The van der Waals surface area contributed by atoms with Crippen molar-refractivity contribution in [3.63, 3.8) is 0 Å². The van der Waals surface area contributed by atoms with E-state index in [2.05, 4.69) is 22.3 Å². The van der Waals surface area contributed by atoms with Gasteiger partial charge in [-0.25, -0.2) is 0 Å². The van der Waals surface area contributed by atoms with Crippen LogP contribution >= 0.6 is 0 Å². The third-order valence-corrected chi connectivity index (χ3v) is 4.10. The van der Waals surface area contributed by atoms with E-state index < -0.39 is 0 Å². The van der Waals surface area contributed by atoms with E-state index in [-0.39, 0.29) is 5.91 Å². The maximum Gasteiger partial charge on any atom is 0.269 e. The molecule has 0 spiro atoms. The average molecular weight is 284 g/mol. The number of hydrogen-bond donors (Lipinski definition) is 1. The van der Waals surface area contributed by atoms with Gasteiger partial charge in [0.15, 0.2) is 0 Å². The highest BCUT2D eigenvalue weighted by Gasteiger charge is 2.24. The summed E-state index contributed by atoms with van der Waals surface area (Å²) in [6.07, 6.45) is 6.81. The quantitative estimate of drug-likeness (QED) is 0.941. The summed E-state index contributed by atoms with van der Waals surface area (Å²) in [5, 5.41) is 7.52. The third-order valence-electron chi connectivity index (χ3n) is 4.10. The highest BCUT2D eigenvalue weighted by atomic mass is 16.2. The van der Waals surface area contributed by atoms with Crippen molar-refractivity contribution >= 4 is 5.91 Å². The molecule has 5 nitrogen and oxygen atoms in total. The van der Waals surface area contributed by atoms with Crippen molar-refractivity contribution < 1.29 is 4.79 Å². The SMILES string of the molecule is C[C@@H]1CC[C@@H](NC(=O)c2cc(-c3cccnc3)nn2C)C1. The Bertz CT molecular complexity index is 635. The monoisotopic (exact) mass is 284 g/mol. The van der Waals surface area contributed by atoms with Crippen LogP contribution in [0.15, 0.2) is 30.6 Å². The van der Waals surface area contributed by atoms with E-state index in [0.29, 0.717) is 17.7 Å². The Morgan fingerprint density at radius 2 is 2.29 bits per heavy atom. The summed E-state index contributed by atoms with van der Waals surface area (Å²) in [5.74, 6) is 0.659. The largest absolute Gasteiger partial charge is 0.348 e. The fraction of sp³-hybridized carbons (Fsp3) is 0.438. The van der Waals surface area contributed by atoms with Crippen LogP contribution in [0.1, 0.15) is 36.7 Å². The maximum atomic E-state index is 12.4. The van der Waals surface area contributed by atoms with Crippen LogP contribution in [0, 0.1) is 5.92 Å². The molecule has 1 aliphatic rings. The lowest BCUT2D eigenvalue weighted by Crippen LogP contribution is -2.34. The van der Waals surface area contributed by atoms with Crippen LogP contribution < -0.4 is 5.32 Å². The Morgan fingerprint density at radius 3 is 2.95 bits per heavy atom. The van der Waals surface area contributed by atoms with E-state index in [0.717, 1.165) is 24.1 Å². The lowest BCUT2D eigenvalue weighted by molar-refractivity contribution is 0.0928. The van der Waals surface area contributed by atoms with Crippen molar-refractivity contribution in [2.24, 2.45) is 13.0 Å². The van der Waals surface area contributed by atoms with E-state index >= 15 is 0 Å².